The SMILES string of the molecule is CNc1ccc(S(=O)(=O)NC(C)(C)CC(N)=O)cc1. The van der Waals surface area contributed by atoms with E-state index < -0.39 is 21.5 Å². The van der Waals surface area contributed by atoms with Gasteiger partial charge in [0.05, 0.1) is 4.90 Å². The summed E-state index contributed by atoms with van der Waals surface area (Å²) in [7, 11) is -1.93. The highest BCUT2D eigenvalue weighted by molar-refractivity contribution is 7.89. The van der Waals surface area contributed by atoms with Gasteiger partial charge in [0.25, 0.3) is 0 Å². The number of primary amides is 1. The van der Waals surface area contributed by atoms with Gasteiger partial charge in [0, 0.05) is 24.7 Å². The van der Waals surface area contributed by atoms with Crippen molar-refractivity contribution in [1.82, 2.24) is 4.72 Å². The largest absolute Gasteiger partial charge is 0.388 e. The molecule has 1 amide bonds. The summed E-state index contributed by atoms with van der Waals surface area (Å²) in [5, 5.41) is 2.90. The number of carbonyl (C=O) groups excluding carboxylic acids is 1. The van der Waals surface area contributed by atoms with Gasteiger partial charge in [0.2, 0.25) is 15.9 Å². The van der Waals surface area contributed by atoms with E-state index in [4.69, 9.17) is 5.73 Å². The predicted octanol–water partition coefficient (Wildman–Crippen LogP) is 0.661. The van der Waals surface area contributed by atoms with Crippen molar-refractivity contribution in [2.24, 2.45) is 5.73 Å². The molecule has 1 aromatic rings. The second kappa shape index (κ2) is 5.58. The van der Waals surface area contributed by atoms with Crippen LogP contribution in [0.2, 0.25) is 0 Å². The first-order chi connectivity index (χ1) is 8.66. The van der Waals surface area contributed by atoms with Crippen molar-refractivity contribution in [2.75, 3.05) is 12.4 Å². The monoisotopic (exact) mass is 285 g/mol. The highest BCUT2D eigenvalue weighted by atomic mass is 32.2. The lowest BCUT2D eigenvalue weighted by Crippen LogP contribution is -2.45. The maximum atomic E-state index is 12.1. The molecule has 106 valence electrons. The molecule has 0 saturated heterocycles. The average Bonchev–Trinajstić information content (AvgIpc) is 2.25. The number of sulfonamides is 1. The highest BCUT2D eigenvalue weighted by Crippen LogP contribution is 2.17. The Hall–Kier alpha value is -1.60. The van der Waals surface area contributed by atoms with Crippen molar-refractivity contribution < 1.29 is 13.2 Å². The molecule has 0 spiro atoms. The fourth-order valence-electron chi connectivity index (χ4n) is 1.70. The van der Waals surface area contributed by atoms with E-state index in [2.05, 4.69) is 10.0 Å². The normalized spacial score (nSPS) is 12.2. The van der Waals surface area contributed by atoms with Crippen LogP contribution in [-0.4, -0.2) is 26.9 Å². The molecule has 7 heteroatoms. The molecule has 0 aliphatic carbocycles. The third-order valence-electron chi connectivity index (χ3n) is 2.48. The quantitative estimate of drug-likeness (QED) is 0.714. The number of carbonyl (C=O) groups is 1. The van der Waals surface area contributed by atoms with Crippen LogP contribution >= 0.6 is 0 Å². The molecular weight excluding hydrogens is 266 g/mol. The molecule has 0 bridgehead atoms. The first-order valence-electron chi connectivity index (χ1n) is 5.76. The van der Waals surface area contributed by atoms with E-state index in [-0.39, 0.29) is 11.3 Å². The van der Waals surface area contributed by atoms with Crippen LogP contribution in [-0.2, 0) is 14.8 Å². The summed E-state index contributed by atoms with van der Waals surface area (Å²) in [5.41, 5.74) is 4.98. The van der Waals surface area contributed by atoms with Crippen molar-refractivity contribution in [3.05, 3.63) is 24.3 Å². The number of benzene rings is 1. The maximum absolute atomic E-state index is 12.1. The van der Waals surface area contributed by atoms with E-state index in [9.17, 15) is 13.2 Å². The van der Waals surface area contributed by atoms with E-state index in [1.807, 2.05) is 0 Å². The van der Waals surface area contributed by atoms with Crippen LogP contribution in [0.3, 0.4) is 0 Å². The summed E-state index contributed by atoms with van der Waals surface area (Å²) in [4.78, 5) is 11.0. The first kappa shape index (κ1) is 15.5. The van der Waals surface area contributed by atoms with Crippen LogP contribution in [0.25, 0.3) is 0 Å². The Bertz CT molecular complexity index is 550. The summed E-state index contributed by atoms with van der Waals surface area (Å²) in [6.45, 7) is 3.22. The van der Waals surface area contributed by atoms with Gasteiger partial charge in [0.15, 0.2) is 0 Å². The molecule has 0 atom stereocenters. The topological polar surface area (TPSA) is 101 Å². The van der Waals surface area contributed by atoms with Crippen molar-refractivity contribution in [2.45, 2.75) is 30.7 Å². The lowest BCUT2D eigenvalue weighted by Gasteiger charge is -2.24. The number of nitrogens with two attached hydrogens (primary N) is 1. The van der Waals surface area contributed by atoms with Gasteiger partial charge in [-0.2, -0.15) is 0 Å². The fraction of sp³-hybridized carbons (Fsp3) is 0.417. The molecule has 6 nitrogen and oxygen atoms in total. The molecule has 0 aliphatic rings. The van der Waals surface area contributed by atoms with Crippen molar-refractivity contribution in [1.29, 1.82) is 0 Å². The summed E-state index contributed by atoms with van der Waals surface area (Å²) in [6.07, 6.45) is -0.0686. The second-order valence-corrected chi connectivity index (χ2v) is 6.59. The van der Waals surface area contributed by atoms with Crippen LogP contribution in [0.5, 0.6) is 0 Å². The maximum Gasteiger partial charge on any atom is 0.241 e. The van der Waals surface area contributed by atoms with Gasteiger partial charge in [-0.1, -0.05) is 0 Å². The third-order valence-corrected chi connectivity index (χ3v) is 4.19. The number of nitrogens with one attached hydrogen (secondary N) is 2. The molecule has 0 aliphatic heterocycles. The van der Waals surface area contributed by atoms with Crippen LogP contribution in [0.1, 0.15) is 20.3 Å². The predicted molar refractivity (Wildman–Crippen MR) is 74.2 cm³/mol. The fourth-order valence-corrected chi connectivity index (χ4v) is 3.11. The first-order valence-corrected chi connectivity index (χ1v) is 7.25. The van der Waals surface area contributed by atoms with Gasteiger partial charge in [-0.3, -0.25) is 4.79 Å². The zero-order chi connectivity index (χ0) is 14.7. The van der Waals surface area contributed by atoms with Gasteiger partial charge >= 0.3 is 0 Å². The minimum absolute atomic E-state index is 0.0686. The third kappa shape index (κ3) is 4.53. The van der Waals surface area contributed by atoms with Crippen LogP contribution in [0.4, 0.5) is 5.69 Å². The molecule has 0 unspecified atom stereocenters. The Kier molecular flexibility index (Phi) is 4.54. The van der Waals surface area contributed by atoms with Gasteiger partial charge < -0.3 is 11.1 Å². The molecule has 0 radical (unpaired) electrons. The van der Waals surface area contributed by atoms with E-state index in [0.717, 1.165) is 5.69 Å². The molecule has 0 heterocycles. The zero-order valence-electron chi connectivity index (χ0n) is 11.2. The lowest BCUT2D eigenvalue weighted by atomic mass is 10.0. The van der Waals surface area contributed by atoms with E-state index in [1.165, 1.54) is 12.1 Å². The lowest BCUT2D eigenvalue weighted by molar-refractivity contribution is -0.119. The average molecular weight is 285 g/mol. The minimum Gasteiger partial charge on any atom is -0.388 e. The Labute approximate surface area is 113 Å². The van der Waals surface area contributed by atoms with Crippen LogP contribution in [0.15, 0.2) is 29.2 Å². The Morgan fingerprint density at radius 3 is 2.21 bits per heavy atom. The van der Waals surface area contributed by atoms with Crippen molar-refractivity contribution >= 4 is 21.6 Å². The molecule has 0 fully saturated rings. The summed E-state index contributed by atoms with van der Waals surface area (Å²) >= 11 is 0. The Morgan fingerprint density at radius 1 is 1.26 bits per heavy atom. The number of rotatable bonds is 6. The number of amides is 1. The number of anilines is 1. The molecule has 0 aromatic heterocycles. The van der Waals surface area contributed by atoms with E-state index in [1.54, 1.807) is 33.0 Å². The van der Waals surface area contributed by atoms with Crippen LogP contribution in [0, 0.1) is 0 Å². The Morgan fingerprint density at radius 2 is 1.79 bits per heavy atom. The van der Waals surface area contributed by atoms with Crippen LogP contribution < -0.4 is 15.8 Å². The number of hydrogen-bond donors (Lipinski definition) is 3. The Balaban J connectivity index is 2.94. The smallest absolute Gasteiger partial charge is 0.241 e. The molecular formula is C12H19N3O3S. The minimum atomic E-state index is -3.67. The van der Waals surface area contributed by atoms with E-state index >= 15 is 0 Å². The van der Waals surface area contributed by atoms with Gasteiger partial charge in [-0.25, -0.2) is 13.1 Å². The molecule has 19 heavy (non-hydrogen) atoms. The van der Waals surface area contributed by atoms with Gasteiger partial charge in [-0.05, 0) is 38.1 Å². The van der Waals surface area contributed by atoms with Crippen molar-refractivity contribution in [3.8, 4) is 0 Å². The summed E-state index contributed by atoms with van der Waals surface area (Å²) < 4.78 is 26.8. The highest BCUT2D eigenvalue weighted by Gasteiger charge is 2.27. The molecule has 1 rings (SSSR count). The standard InChI is InChI=1S/C12H19N3O3S/c1-12(2,8-11(13)16)15-19(17,18)10-6-4-9(14-3)5-7-10/h4-7,14-15H,8H2,1-3H3,(H2,13,16). The van der Waals surface area contributed by atoms with Gasteiger partial charge in [-0.15, -0.1) is 0 Å². The molecule has 4 N–H and O–H groups in total. The van der Waals surface area contributed by atoms with Gasteiger partial charge in [0.1, 0.15) is 0 Å². The second-order valence-electron chi connectivity index (χ2n) is 4.91. The molecule has 0 saturated carbocycles. The summed E-state index contributed by atoms with van der Waals surface area (Å²) in [5.74, 6) is -0.557. The van der Waals surface area contributed by atoms with E-state index in [0.29, 0.717) is 0 Å². The molecule has 1 aromatic carbocycles. The zero-order valence-corrected chi connectivity index (χ0v) is 12.0. The number of hydrogen-bond acceptors (Lipinski definition) is 4. The summed E-state index contributed by atoms with van der Waals surface area (Å²) in [6, 6.07) is 6.31. The van der Waals surface area contributed by atoms with Crippen molar-refractivity contribution in [3.63, 3.8) is 0 Å².